The smallest absolute Gasteiger partial charge is 0.303 e. The standard InChI is InChI=1S/C28H33N3O6S/c1-17-24(16-38-28-29-13-14-31(28)4)36-27(37-25(17)21-7-5-20(15-32)6-8-21)22-9-11-23(12-10-22)30-26(34)18(2)35-19(3)33/h5-14,17-18,24-25,27,32H,15-16H2,1-4H3,(H,30,34)/t17-,18+,24+,25+,27+/m1/s1. The largest absolute Gasteiger partial charge is 0.453 e. The number of nitrogens with zero attached hydrogens (tertiary/aromatic N) is 2. The Balaban J connectivity index is 1.52. The Morgan fingerprint density at radius 1 is 1.13 bits per heavy atom. The van der Waals surface area contributed by atoms with Gasteiger partial charge in [0.1, 0.15) is 0 Å². The van der Waals surface area contributed by atoms with Crippen molar-refractivity contribution >= 4 is 29.3 Å². The topological polar surface area (TPSA) is 112 Å². The minimum Gasteiger partial charge on any atom is -0.453 e. The van der Waals surface area contributed by atoms with E-state index >= 15 is 0 Å². The molecule has 1 aromatic heterocycles. The Morgan fingerprint density at radius 3 is 2.42 bits per heavy atom. The second-order valence-electron chi connectivity index (χ2n) is 9.32. The molecule has 4 rings (SSSR count). The molecule has 5 atom stereocenters. The molecule has 10 heteroatoms. The molecule has 1 fully saturated rings. The van der Waals surface area contributed by atoms with Crippen molar-refractivity contribution in [2.75, 3.05) is 11.1 Å². The van der Waals surface area contributed by atoms with Gasteiger partial charge in [0.15, 0.2) is 17.6 Å². The number of esters is 1. The van der Waals surface area contributed by atoms with Crippen LogP contribution >= 0.6 is 11.8 Å². The van der Waals surface area contributed by atoms with E-state index in [0.29, 0.717) is 11.4 Å². The maximum absolute atomic E-state index is 12.3. The maximum atomic E-state index is 12.3. The number of benzene rings is 2. The number of aliphatic hydroxyl groups is 1. The van der Waals surface area contributed by atoms with Gasteiger partial charge < -0.3 is 29.2 Å². The fourth-order valence-corrected chi connectivity index (χ4v) is 5.32. The summed E-state index contributed by atoms with van der Waals surface area (Å²) in [5, 5.41) is 13.1. The fraction of sp³-hybridized carbons (Fsp3) is 0.393. The third kappa shape index (κ3) is 6.82. The van der Waals surface area contributed by atoms with Crippen molar-refractivity contribution in [2.24, 2.45) is 13.0 Å². The van der Waals surface area contributed by atoms with Gasteiger partial charge >= 0.3 is 5.97 Å². The lowest BCUT2D eigenvalue weighted by Gasteiger charge is -2.41. The van der Waals surface area contributed by atoms with Crippen LogP contribution in [0.15, 0.2) is 66.1 Å². The van der Waals surface area contributed by atoms with Crippen molar-refractivity contribution in [3.8, 4) is 0 Å². The van der Waals surface area contributed by atoms with Crippen LogP contribution in [-0.2, 0) is 37.5 Å². The molecular weight excluding hydrogens is 506 g/mol. The average molecular weight is 540 g/mol. The minimum atomic E-state index is -0.895. The van der Waals surface area contributed by atoms with Gasteiger partial charge in [-0.05, 0) is 30.2 Å². The number of rotatable bonds is 9. The van der Waals surface area contributed by atoms with Crippen LogP contribution in [0.25, 0.3) is 0 Å². The summed E-state index contributed by atoms with van der Waals surface area (Å²) >= 11 is 1.64. The Morgan fingerprint density at radius 2 is 1.82 bits per heavy atom. The molecule has 0 spiro atoms. The summed E-state index contributed by atoms with van der Waals surface area (Å²) in [5.41, 5.74) is 3.23. The molecular formula is C28H33N3O6S. The van der Waals surface area contributed by atoms with Crippen molar-refractivity contribution in [1.82, 2.24) is 9.55 Å². The predicted molar refractivity (Wildman–Crippen MR) is 143 cm³/mol. The highest BCUT2D eigenvalue weighted by molar-refractivity contribution is 7.99. The quantitative estimate of drug-likeness (QED) is 0.304. The number of amides is 1. The number of ether oxygens (including phenoxy) is 3. The van der Waals surface area contributed by atoms with Crippen molar-refractivity contribution in [1.29, 1.82) is 0 Å². The van der Waals surface area contributed by atoms with Gasteiger partial charge in [0, 0.05) is 49.3 Å². The van der Waals surface area contributed by atoms with Gasteiger partial charge in [-0.2, -0.15) is 0 Å². The maximum Gasteiger partial charge on any atom is 0.303 e. The van der Waals surface area contributed by atoms with Crippen molar-refractivity contribution in [3.63, 3.8) is 0 Å². The lowest BCUT2D eigenvalue weighted by molar-refractivity contribution is -0.268. The second-order valence-corrected chi connectivity index (χ2v) is 10.3. The highest BCUT2D eigenvalue weighted by Gasteiger charge is 2.38. The molecule has 1 saturated heterocycles. The van der Waals surface area contributed by atoms with Crippen LogP contribution in [0.3, 0.4) is 0 Å². The van der Waals surface area contributed by atoms with E-state index in [1.165, 1.54) is 13.8 Å². The van der Waals surface area contributed by atoms with Gasteiger partial charge in [0.25, 0.3) is 5.91 Å². The number of anilines is 1. The molecule has 1 aliphatic heterocycles. The summed E-state index contributed by atoms with van der Waals surface area (Å²) in [7, 11) is 1.96. The number of hydrogen-bond donors (Lipinski definition) is 2. The number of nitrogens with one attached hydrogen (secondary N) is 1. The molecule has 2 N–H and O–H groups in total. The molecule has 9 nitrogen and oxygen atoms in total. The van der Waals surface area contributed by atoms with E-state index in [4.69, 9.17) is 14.2 Å². The van der Waals surface area contributed by atoms with E-state index in [0.717, 1.165) is 21.8 Å². The molecule has 1 aliphatic rings. The van der Waals surface area contributed by atoms with Gasteiger partial charge in [0.05, 0.1) is 18.8 Å². The number of thioether (sulfide) groups is 1. The Hall–Kier alpha value is -3.18. The molecule has 202 valence electrons. The average Bonchev–Trinajstić information content (AvgIpc) is 3.32. The fourth-order valence-electron chi connectivity index (χ4n) is 4.23. The van der Waals surface area contributed by atoms with Crippen LogP contribution in [0, 0.1) is 5.92 Å². The molecule has 2 aromatic carbocycles. The summed E-state index contributed by atoms with van der Waals surface area (Å²) in [6.45, 7) is 4.89. The zero-order valence-electron chi connectivity index (χ0n) is 21.9. The van der Waals surface area contributed by atoms with Crippen molar-refractivity contribution < 1.29 is 28.9 Å². The van der Waals surface area contributed by atoms with Gasteiger partial charge in [-0.25, -0.2) is 4.98 Å². The number of carbonyl (C=O) groups is 2. The Kier molecular flexibility index (Phi) is 9.22. The predicted octanol–water partition coefficient (Wildman–Crippen LogP) is 4.39. The number of hydrogen-bond acceptors (Lipinski definition) is 8. The SMILES string of the molecule is CC(=O)O[C@@H](C)C(=O)Nc1ccc([C@H]2O[C@@H](CSc3nccn3C)[C@@H](C)[C@@H](c3ccc(CO)cc3)O2)cc1. The normalized spacial score (nSPS) is 22.0. The Labute approximate surface area is 226 Å². The third-order valence-corrected chi connectivity index (χ3v) is 7.59. The van der Waals surface area contributed by atoms with E-state index in [9.17, 15) is 14.7 Å². The molecule has 0 radical (unpaired) electrons. The van der Waals surface area contributed by atoms with E-state index in [1.54, 1.807) is 30.1 Å². The molecule has 3 aromatic rings. The molecule has 0 saturated carbocycles. The molecule has 1 amide bonds. The minimum absolute atomic E-state index is 0.0153. The van der Waals surface area contributed by atoms with E-state index in [2.05, 4.69) is 17.2 Å². The molecule has 38 heavy (non-hydrogen) atoms. The molecule has 0 unspecified atom stereocenters. The Bertz CT molecular complexity index is 1230. The third-order valence-electron chi connectivity index (χ3n) is 6.44. The molecule has 0 bridgehead atoms. The summed E-state index contributed by atoms with van der Waals surface area (Å²) < 4.78 is 19.9. The van der Waals surface area contributed by atoms with Crippen LogP contribution < -0.4 is 5.32 Å². The zero-order valence-corrected chi connectivity index (χ0v) is 22.7. The number of aliphatic hydroxyl groups excluding tert-OH is 1. The van der Waals surface area contributed by atoms with Gasteiger partial charge in [-0.1, -0.05) is 55.1 Å². The highest BCUT2D eigenvalue weighted by Crippen LogP contribution is 2.43. The summed E-state index contributed by atoms with van der Waals surface area (Å²) in [6, 6.07) is 15.0. The van der Waals surface area contributed by atoms with Gasteiger partial charge in [-0.3, -0.25) is 9.59 Å². The number of imidazole rings is 1. The van der Waals surface area contributed by atoms with Crippen LogP contribution in [0.1, 0.15) is 49.9 Å². The summed E-state index contributed by atoms with van der Waals surface area (Å²) in [6.07, 6.45) is 1.83. The van der Waals surface area contributed by atoms with E-state index in [-0.39, 0.29) is 24.7 Å². The lowest BCUT2D eigenvalue weighted by atomic mass is 9.91. The van der Waals surface area contributed by atoms with Gasteiger partial charge in [-0.15, -0.1) is 0 Å². The monoisotopic (exact) mass is 539 g/mol. The number of carbonyl (C=O) groups excluding carboxylic acids is 2. The van der Waals surface area contributed by atoms with Crippen LogP contribution in [0.5, 0.6) is 0 Å². The second kappa shape index (κ2) is 12.6. The van der Waals surface area contributed by atoms with Gasteiger partial charge in [0.2, 0.25) is 0 Å². The van der Waals surface area contributed by atoms with E-state index < -0.39 is 24.3 Å². The summed E-state index contributed by atoms with van der Waals surface area (Å²) in [5.74, 6) is -0.177. The molecule has 0 aliphatic carbocycles. The van der Waals surface area contributed by atoms with Crippen LogP contribution in [-0.4, -0.2) is 44.5 Å². The van der Waals surface area contributed by atoms with E-state index in [1.807, 2.05) is 54.2 Å². The first-order valence-corrected chi connectivity index (χ1v) is 13.4. The van der Waals surface area contributed by atoms with Crippen LogP contribution in [0.2, 0.25) is 0 Å². The van der Waals surface area contributed by atoms with Crippen molar-refractivity contribution in [3.05, 3.63) is 77.6 Å². The first-order chi connectivity index (χ1) is 18.2. The zero-order chi connectivity index (χ0) is 27.2. The summed E-state index contributed by atoms with van der Waals surface area (Å²) in [4.78, 5) is 27.8. The van der Waals surface area contributed by atoms with Crippen LogP contribution in [0.4, 0.5) is 5.69 Å². The first kappa shape index (κ1) is 27.8. The highest BCUT2D eigenvalue weighted by atomic mass is 32.2. The number of aryl methyl sites for hydroxylation is 1. The lowest BCUT2D eigenvalue weighted by Crippen LogP contribution is -2.38. The van der Waals surface area contributed by atoms with Crippen molar-refractivity contribution in [2.45, 2.75) is 57.1 Å². The molecule has 2 heterocycles. The first-order valence-electron chi connectivity index (χ1n) is 12.4. The number of aromatic nitrogens is 2.